The van der Waals surface area contributed by atoms with Gasteiger partial charge in [0.2, 0.25) is 10.0 Å². The van der Waals surface area contributed by atoms with Crippen molar-refractivity contribution in [2.45, 2.75) is 25.7 Å². The zero-order chi connectivity index (χ0) is 15.9. The van der Waals surface area contributed by atoms with Gasteiger partial charge in [-0.15, -0.1) is 0 Å². The summed E-state index contributed by atoms with van der Waals surface area (Å²) in [6, 6.07) is 1.87. The molecule has 116 valence electrons. The Morgan fingerprint density at radius 3 is 2.29 bits per heavy atom. The van der Waals surface area contributed by atoms with Gasteiger partial charge in [-0.2, -0.15) is 4.31 Å². The lowest BCUT2D eigenvalue weighted by Crippen LogP contribution is -2.30. The molecule has 7 heteroatoms. The molecule has 1 saturated heterocycles. The lowest BCUT2D eigenvalue weighted by molar-refractivity contribution is 0.0696. The summed E-state index contributed by atoms with van der Waals surface area (Å²) < 4.78 is 40.4. The predicted octanol–water partition coefficient (Wildman–Crippen LogP) is 2.11. The van der Waals surface area contributed by atoms with Crippen LogP contribution in [0.15, 0.2) is 17.0 Å². The Morgan fingerprint density at radius 1 is 1.29 bits per heavy atom. The number of carboxylic acids is 1. The van der Waals surface area contributed by atoms with Gasteiger partial charge in [-0.3, -0.25) is 0 Å². The van der Waals surface area contributed by atoms with E-state index in [1.165, 1.54) is 11.2 Å². The van der Waals surface area contributed by atoms with E-state index in [0.29, 0.717) is 13.1 Å². The maximum atomic E-state index is 13.8. The molecule has 1 aromatic rings. The quantitative estimate of drug-likeness (QED) is 0.927. The van der Waals surface area contributed by atoms with Crippen LogP contribution in [0.2, 0.25) is 0 Å². The summed E-state index contributed by atoms with van der Waals surface area (Å²) in [5.74, 6) is -1.75. The summed E-state index contributed by atoms with van der Waals surface area (Å²) in [5.41, 5.74) is -0.413. The van der Waals surface area contributed by atoms with Crippen molar-refractivity contribution in [3.8, 4) is 0 Å². The molecular weight excluding hydrogens is 297 g/mol. The molecule has 1 aliphatic heterocycles. The van der Waals surface area contributed by atoms with E-state index >= 15 is 0 Å². The minimum absolute atomic E-state index is 0.0489. The van der Waals surface area contributed by atoms with E-state index in [9.17, 15) is 17.6 Å². The average Bonchev–Trinajstić information content (AvgIpc) is 2.73. The number of hydrogen-bond donors (Lipinski definition) is 1. The normalized spacial score (nSPS) is 23.4. The molecule has 5 nitrogen and oxygen atoms in total. The van der Waals surface area contributed by atoms with Crippen molar-refractivity contribution in [1.82, 2.24) is 4.31 Å². The molecule has 0 aliphatic carbocycles. The lowest BCUT2D eigenvalue weighted by Gasteiger charge is -2.18. The van der Waals surface area contributed by atoms with Crippen molar-refractivity contribution in [1.29, 1.82) is 0 Å². The number of nitrogens with zero attached hydrogens (tertiary/aromatic N) is 1. The maximum absolute atomic E-state index is 13.8. The summed E-state index contributed by atoms with van der Waals surface area (Å²) in [5, 5.41) is 8.96. The van der Waals surface area contributed by atoms with Gasteiger partial charge < -0.3 is 5.11 Å². The van der Waals surface area contributed by atoms with E-state index in [-0.39, 0.29) is 27.9 Å². The maximum Gasteiger partial charge on any atom is 0.335 e. The van der Waals surface area contributed by atoms with Gasteiger partial charge in [0.1, 0.15) is 5.82 Å². The monoisotopic (exact) mass is 315 g/mol. The molecule has 1 aliphatic rings. The van der Waals surface area contributed by atoms with Crippen LogP contribution in [-0.2, 0) is 10.0 Å². The van der Waals surface area contributed by atoms with Crippen LogP contribution in [-0.4, -0.2) is 36.9 Å². The fraction of sp³-hybridized carbons (Fsp3) is 0.500. The number of carbonyl (C=O) groups is 1. The number of hydrogen-bond acceptors (Lipinski definition) is 3. The van der Waals surface area contributed by atoms with E-state index in [1.54, 1.807) is 0 Å². The van der Waals surface area contributed by atoms with Crippen LogP contribution in [0.5, 0.6) is 0 Å². The highest BCUT2D eigenvalue weighted by molar-refractivity contribution is 7.89. The standard InChI is InChI=1S/C14H18FNO4S/c1-8-6-16(7-9(8)2)21(19,20)13-5-11(14(17)18)4-12(15)10(13)3/h4-5,8-9H,6-7H2,1-3H3,(H,17,18). The van der Waals surface area contributed by atoms with E-state index < -0.39 is 21.8 Å². The Kier molecular flexibility index (Phi) is 4.08. The van der Waals surface area contributed by atoms with Crippen molar-refractivity contribution in [2.75, 3.05) is 13.1 Å². The highest BCUT2D eigenvalue weighted by atomic mass is 32.2. The number of aromatic carboxylic acids is 1. The molecule has 0 saturated carbocycles. The zero-order valence-corrected chi connectivity index (χ0v) is 12.9. The summed E-state index contributed by atoms with van der Waals surface area (Å²) in [6.45, 7) is 5.99. The lowest BCUT2D eigenvalue weighted by atomic mass is 10.0. The molecule has 1 fully saturated rings. The molecule has 2 atom stereocenters. The Morgan fingerprint density at radius 2 is 1.81 bits per heavy atom. The molecule has 0 radical (unpaired) electrons. The van der Waals surface area contributed by atoms with Crippen molar-refractivity contribution >= 4 is 16.0 Å². The second-order valence-corrected chi connectivity index (χ2v) is 7.57. The first kappa shape index (κ1) is 15.9. The molecule has 2 unspecified atom stereocenters. The zero-order valence-electron chi connectivity index (χ0n) is 12.1. The van der Waals surface area contributed by atoms with Crippen LogP contribution in [0.4, 0.5) is 4.39 Å². The molecule has 0 spiro atoms. The predicted molar refractivity (Wildman–Crippen MR) is 75.2 cm³/mol. The van der Waals surface area contributed by atoms with Crippen LogP contribution in [0.1, 0.15) is 29.8 Å². The number of carboxylic acid groups (broad SMARTS) is 1. The van der Waals surface area contributed by atoms with Gasteiger partial charge in [-0.05, 0) is 30.9 Å². The van der Waals surface area contributed by atoms with Crippen LogP contribution >= 0.6 is 0 Å². The number of benzene rings is 1. The van der Waals surface area contributed by atoms with Gasteiger partial charge in [0, 0.05) is 18.7 Å². The molecule has 1 aromatic carbocycles. The Hall–Kier alpha value is -1.47. The highest BCUT2D eigenvalue weighted by Crippen LogP contribution is 2.30. The molecule has 0 amide bonds. The van der Waals surface area contributed by atoms with Crippen molar-refractivity contribution < 1.29 is 22.7 Å². The summed E-state index contributed by atoms with van der Waals surface area (Å²) >= 11 is 0. The average molecular weight is 315 g/mol. The van der Waals surface area contributed by atoms with Gasteiger partial charge in [-0.25, -0.2) is 17.6 Å². The number of rotatable bonds is 3. The summed E-state index contributed by atoms with van der Waals surface area (Å²) in [4.78, 5) is 10.7. The Balaban J connectivity index is 2.52. The molecule has 1 N–H and O–H groups in total. The van der Waals surface area contributed by atoms with Crippen LogP contribution in [0, 0.1) is 24.6 Å². The van der Waals surface area contributed by atoms with Crippen LogP contribution in [0.25, 0.3) is 0 Å². The third-order valence-electron chi connectivity index (χ3n) is 4.12. The van der Waals surface area contributed by atoms with Gasteiger partial charge in [0.05, 0.1) is 10.5 Å². The number of sulfonamides is 1. The van der Waals surface area contributed by atoms with E-state index in [2.05, 4.69) is 0 Å². The third-order valence-corrected chi connectivity index (χ3v) is 6.07. The van der Waals surface area contributed by atoms with Crippen molar-refractivity contribution in [2.24, 2.45) is 11.8 Å². The fourth-order valence-corrected chi connectivity index (χ4v) is 4.36. The van der Waals surface area contributed by atoms with Crippen molar-refractivity contribution in [3.05, 3.63) is 29.1 Å². The fourth-order valence-electron chi connectivity index (χ4n) is 2.46. The van der Waals surface area contributed by atoms with Crippen LogP contribution in [0.3, 0.4) is 0 Å². The number of halogens is 1. The van der Waals surface area contributed by atoms with Crippen LogP contribution < -0.4 is 0 Å². The topological polar surface area (TPSA) is 74.7 Å². The van der Waals surface area contributed by atoms with Gasteiger partial charge in [0.25, 0.3) is 0 Å². The third kappa shape index (κ3) is 2.80. The molecule has 21 heavy (non-hydrogen) atoms. The second kappa shape index (κ2) is 5.38. The Bertz CT molecular complexity index is 676. The first-order valence-electron chi connectivity index (χ1n) is 6.68. The minimum Gasteiger partial charge on any atom is -0.478 e. The van der Waals surface area contributed by atoms with E-state index in [0.717, 1.165) is 12.1 Å². The molecule has 0 aromatic heterocycles. The largest absolute Gasteiger partial charge is 0.478 e. The minimum atomic E-state index is -3.88. The first-order chi connectivity index (χ1) is 9.64. The smallest absolute Gasteiger partial charge is 0.335 e. The SMILES string of the molecule is Cc1c(F)cc(C(=O)O)cc1S(=O)(=O)N1CC(C)C(C)C1. The molecule has 2 rings (SSSR count). The van der Waals surface area contributed by atoms with E-state index in [1.807, 2.05) is 13.8 Å². The molecular formula is C14H18FNO4S. The van der Waals surface area contributed by atoms with E-state index in [4.69, 9.17) is 5.11 Å². The van der Waals surface area contributed by atoms with Gasteiger partial charge >= 0.3 is 5.97 Å². The highest BCUT2D eigenvalue weighted by Gasteiger charge is 2.36. The Labute approximate surface area is 123 Å². The summed E-state index contributed by atoms with van der Waals surface area (Å²) in [7, 11) is -3.88. The summed E-state index contributed by atoms with van der Waals surface area (Å²) in [6.07, 6.45) is 0. The molecule has 1 heterocycles. The second-order valence-electron chi connectivity index (χ2n) is 5.66. The molecule has 0 bridgehead atoms. The van der Waals surface area contributed by atoms with Crippen molar-refractivity contribution in [3.63, 3.8) is 0 Å². The first-order valence-corrected chi connectivity index (χ1v) is 8.12. The van der Waals surface area contributed by atoms with Gasteiger partial charge in [-0.1, -0.05) is 13.8 Å². The van der Waals surface area contributed by atoms with Gasteiger partial charge in [0.15, 0.2) is 0 Å².